The molecular formula is C13H21N5O. The van der Waals surface area contributed by atoms with Crippen LogP contribution in [0.3, 0.4) is 0 Å². The van der Waals surface area contributed by atoms with Gasteiger partial charge in [-0.2, -0.15) is 0 Å². The number of nitrogens with zero attached hydrogens (tertiary/aromatic N) is 4. The van der Waals surface area contributed by atoms with Crippen molar-refractivity contribution in [3.63, 3.8) is 0 Å². The van der Waals surface area contributed by atoms with Crippen molar-refractivity contribution in [2.24, 2.45) is 9.98 Å². The first-order chi connectivity index (χ1) is 8.97. The summed E-state index contributed by atoms with van der Waals surface area (Å²) in [4.78, 5) is 12.9. The highest BCUT2D eigenvalue weighted by Crippen LogP contribution is 2.12. The summed E-state index contributed by atoms with van der Waals surface area (Å²) in [6.45, 7) is 4.69. The standard InChI is InChI=1S/C13H21N5O/c1-9-11(6-7-19-9)8-18(5)13-15-10(2)14-12(16-13)17(3)4/h6-7,10H,8H2,1-5H3,(H,14,15,16). The lowest BCUT2D eigenvalue weighted by atomic mass is 10.2. The molecule has 0 aliphatic carbocycles. The van der Waals surface area contributed by atoms with Gasteiger partial charge in [0.1, 0.15) is 11.9 Å². The lowest BCUT2D eigenvalue weighted by molar-refractivity contribution is 0.458. The van der Waals surface area contributed by atoms with E-state index in [1.54, 1.807) is 6.26 Å². The van der Waals surface area contributed by atoms with Crippen LogP contribution in [0.5, 0.6) is 0 Å². The average molecular weight is 263 g/mol. The van der Waals surface area contributed by atoms with Gasteiger partial charge in [0.15, 0.2) is 0 Å². The number of nitrogens with one attached hydrogen (secondary N) is 1. The van der Waals surface area contributed by atoms with Crippen LogP contribution in [-0.4, -0.2) is 49.0 Å². The molecule has 1 aromatic heterocycles. The molecule has 1 aliphatic rings. The van der Waals surface area contributed by atoms with E-state index in [0.717, 1.165) is 29.8 Å². The van der Waals surface area contributed by atoms with Gasteiger partial charge in [-0.1, -0.05) is 0 Å². The molecule has 1 aromatic rings. The molecule has 0 amide bonds. The molecule has 1 N–H and O–H groups in total. The maximum Gasteiger partial charge on any atom is 0.202 e. The van der Waals surface area contributed by atoms with Crippen molar-refractivity contribution in [2.75, 3.05) is 21.1 Å². The number of aliphatic imine (C=N–C) groups is 2. The van der Waals surface area contributed by atoms with E-state index in [2.05, 4.69) is 20.2 Å². The lowest BCUT2D eigenvalue weighted by Crippen LogP contribution is -2.49. The lowest BCUT2D eigenvalue weighted by Gasteiger charge is -2.29. The van der Waals surface area contributed by atoms with Crippen LogP contribution in [0.25, 0.3) is 0 Å². The van der Waals surface area contributed by atoms with Crippen LogP contribution in [0.2, 0.25) is 0 Å². The Morgan fingerprint density at radius 1 is 1.26 bits per heavy atom. The average Bonchev–Trinajstić information content (AvgIpc) is 2.74. The Balaban J connectivity index is 2.08. The maximum atomic E-state index is 5.31. The van der Waals surface area contributed by atoms with Crippen LogP contribution in [-0.2, 0) is 6.54 Å². The summed E-state index contributed by atoms with van der Waals surface area (Å²) in [6, 6.07) is 1.99. The molecule has 2 heterocycles. The minimum Gasteiger partial charge on any atom is -0.469 e. The Kier molecular flexibility index (Phi) is 3.78. The van der Waals surface area contributed by atoms with Gasteiger partial charge in [0.05, 0.1) is 6.26 Å². The van der Waals surface area contributed by atoms with Crippen molar-refractivity contribution >= 4 is 11.9 Å². The topological polar surface area (TPSA) is 56.4 Å². The van der Waals surface area contributed by atoms with E-state index < -0.39 is 0 Å². The number of rotatable bonds is 2. The molecule has 0 fully saturated rings. The molecule has 0 spiro atoms. The van der Waals surface area contributed by atoms with Gasteiger partial charge in [-0.25, -0.2) is 9.98 Å². The van der Waals surface area contributed by atoms with E-state index in [1.165, 1.54) is 0 Å². The molecule has 104 valence electrons. The fraction of sp³-hybridized carbons (Fsp3) is 0.538. The summed E-state index contributed by atoms with van der Waals surface area (Å²) in [5.74, 6) is 2.60. The van der Waals surface area contributed by atoms with Crippen LogP contribution in [0.4, 0.5) is 0 Å². The summed E-state index contributed by atoms with van der Waals surface area (Å²) in [7, 11) is 5.92. The highest BCUT2D eigenvalue weighted by Gasteiger charge is 2.18. The van der Waals surface area contributed by atoms with Crippen LogP contribution in [0, 0.1) is 6.92 Å². The van der Waals surface area contributed by atoms with Gasteiger partial charge in [-0.3, -0.25) is 5.32 Å². The number of hydrogen-bond acceptors (Lipinski definition) is 6. The Bertz CT molecular complexity index is 503. The van der Waals surface area contributed by atoms with Crippen LogP contribution >= 0.6 is 0 Å². The van der Waals surface area contributed by atoms with Crippen molar-refractivity contribution in [3.05, 3.63) is 23.7 Å². The monoisotopic (exact) mass is 263 g/mol. The Morgan fingerprint density at radius 3 is 2.53 bits per heavy atom. The second kappa shape index (κ2) is 5.34. The van der Waals surface area contributed by atoms with Gasteiger partial charge >= 0.3 is 0 Å². The molecule has 0 saturated heterocycles. The number of guanidine groups is 2. The zero-order valence-corrected chi connectivity index (χ0v) is 12.1. The molecule has 0 aromatic carbocycles. The maximum absolute atomic E-state index is 5.31. The minimum absolute atomic E-state index is 0.0680. The van der Waals surface area contributed by atoms with E-state index in [9.17, 15) is 0 Å². The van der Waals surface area contributed by atoms with Crippen molar-refractivity contribution < 1.29 is 4.42 Å². The van der Waals surface area contributed by atoms with E-state index in [0.29, 0.717) is 0 Å². The quantitative estimate of drug-likeness (QED) is 0.872. The SMILES string of the molecule is Cc1occc1CN(C)C1=NC(C)N=C(N(C)C)N1. The molecule has 19 heavy (non-hydrogen) atoms. The van der Waals surface area contributed by atoms with Crippen molar-refractivity contribution in [1.29, 1.82) is 0 Å². The molecule has 1 aliphatic heterocycles. The van der Waals surface area contributed by atoms with E-state index >= 15 is 0 Å². The van der Waals surface area contributed by atoms with Crippen molar-refractivity contribution in [2.45, 2.75) is 26.6 Å². The van der Waals surface area contributed by atoms with Crippen molar-refractivity contribution in [1.82, 2.24) is 15.1 Å². The smallest absolute Gasteiger partial charge is 0.202 e. The summed E-state index contributed by atoms with van der Waals surface area (Å²) in [5, 5.41) is 3.24. The highest BCUT2D eigenvalue weighted by atomic mass is 16.3. The predicted molar refractivity (Wildman–Crippen MR) is 76.1 cm³/mol. The molecule has 0 radical (unpaired) electrons. The second-order valence-corrected chi connectivity index (χ2v) is 4.91. The Morgan fingerprint density at radius 2 is 1.95 bits per heavy atom. The molecule has 1 atom stereocenters. The number of furan rings is 1. The molecule has 6 nitrogen and oxygen atoms in total. The van der Waals surface area contributed by atoms with E-state index in [1.807, 2.05) is 46.0 Å². The Labute approximate surface area is 113 Å². The first-order valence-corrected chi connectivity index (χ1v) is 6.31. The minimum atomic E-state index is -0.0680. The third-order valence-corrected chi connectivity index (χ3v) is 3.00. The first kappa shape index (κ1) is 13.5. The van der Waals surface area contributed by atoms with Gasteiger partial charge in [0.2, 0.25) is 11.9 Å². The normalized spacial score (nSPS) is 18.5. The number of aryl methyl sites for hydroxylation is 1. The molecule has 1 unspecified atom stereocenters. The fourth-order valence-corrected chi connectivity index (χ4v) is 1.87. The van der Waals surface area contributed by atoms with Crippen LogP contribution in [0.1, 0.15) is 18.2 Å². The molecular weight excluding hydrogens is 242 g/mol. The Hall–Kier alpha value is -1.98. The first-order valence-electron chi connectivity index (χ1n) is 6.31. The predicted octanol–water partition coefficient (Wildman–Crippen LogP) is 1.24. The van der Waals surface area contributed by atoms with Gasteiger partial charge in [0, 0.05) is 33.3 Å². The summed E-state index contributed by atoms with van der Waals surface area (Å²) in [5.41, 5.74) is 1.16. The molecule has 2 rings (SSSR count). The zero-order chi connectivity index (χ0) is 14.0. The fourth-order valence-electron chi connectivity index (χ4n) is 1.87. The van der Waals surface area contributed by atoms with E-state index in [-0.39, 0.29) is 6.17 Å². The second-order valence-electron chi connectivity index (χ2n) is 4.91. The molecule has 0 saturated carbocycles. The van der Waals surface area contributed by atoms with Crippen molar-refractivity contribution in [3.8, 4) is 0 Å². The van der Waals surface area contributed by atoms with Gasteiger partial charge in [-0.15, -0.1) is 0 Å². The van der Waals surface area contributed by atoms with Crippen LogP contribution < -0.4 is 5.32 Å². The van der Waals surface area contributed by atoms with E-state index in [4.69, 9.17) is 4.42 Å². The molecule has 6 heteroatoms. The zero-order valence-electron chi connectivity index (χ0n) is 12.1. The summed E-state index contributed by atoms with van der Waals surface area (Å²) < 4.78 is 5.31. The van der Waals surface area contributed by atoms with Gasteiger partial charge in [0.25, 0.3) is 0 Å². The van der Waals surface area contributed by atoms with Gasteiger partial charge < -0.3 is 14.2 Å². The third kappa shape index (κ3) is 3.07. The third-order valence-electron chi connectivity index (χ3n) is 3.00. The van der Waals surface area contributed by atoms with Gasteiger partial charge in [-0.05, 0) is 19.9 Å². The number of hydrogen-bond donors (Lipinski definition) is 1. The molecule has 0 bridgehead atoms. The summed E-state index contributed by atoms with van der Waals surface area (Å²) >= 11 is 0. The highest BCUT2D eigenvalue weighted by molar-refractivity contribution is 5.99. The van der Waals surface area contributed by atoms with Crippen LogP contribution in [0.15, 0.2) is 26.7 Å². The largest absolute Gasteiger partial charge is 0.469 e. The summed E-state index contributed by atoms with van der Waals surface area (Å²) in [6.07, 6.45) is 1.64.